The maximum absolute atomic E-state index is 12.1. The molecule has 2 amide bonds. The molecule has 0 unspecified atom stereocenters. The molecule has 24 heavy (non-hydrogen) atoms. The van der Waals surface area contributed by atoms with Crippen LogP contribution in [0.5, 0.6) is 0 Å². The van der Waals surface area contributed by atoms with Gasteiger partial charge in [0.2, 0.25) is 5.91 Å². The zero-order valence-electron chi connectivity index (χ0n) is 13.2. The van der Waals surface area contributed by atoms with E-state index in [1.807, 2.05) is 17.0 Å². The van der Waals surface area contributed by atoms with Crippen LogP contribution in [0.4, 0.5) is 0 Å². The molecule has 0 spiro atoms. The summed E-state index contributed by atoms with van der Waals surface area (Å²) in [6.45, 7) is 2.07. The van der Waals surface area contributed by atoms with Crippen LogP contribution < -0.4 is 5.32 Å². The first-order valence-electron chi connectivity index (χ1n) is 8.00. The maximum atomic E-state index is 12.1. The van der Waals surface area contributed by atoms with Gasteiger partial charge in [-0.3, -0.25) is 9.59 Å². The quantitative estimate of drug-likeness (QED) is 0.816. The van der Waals surface area contributed by atoms with Crippen LogP contribution in [0.25, 0.3) is 5.69 Å². The molecule has 0 radical (unpaired) electrons. The Bertz CT molecular complexity index is 726. The van der Waals surface area contributed by atoms with Gasteiger partial charge in [0.25, 0.3) is 5.91 Å². The Morgan fingerprint density at radius 3 is 2.79 bits per heavy atom. The fraction of sp³-hybridized carbons (Fsp3) is 0.353. The van der Waals surface area contributed by atoms with Crippen LogP contribution in [0.15, 0.2) is 36.7 Å². The topological polar surface area (TPSA) is 67.2 Å². The highest BCUT2D eigenvalue weighted by atomic mass is 35.5. The first kappa shape index (κ1) is 16.5. The normalized spacial score (nSPS) is 14.2. The van der Waals surface area contributed by atoms with Crippen LogP contribution >= 0.6 is 11.6 Å². The molecule has 1 N–H and O–H groups in total. The molecule has 1 fully saturated rings. The molecule has 7 heteroatoms. The van der Waals surface area contributed by atoms with Crippen LogP contribution in [-0.4, -0.2) is 46.1 Å². The molecule has 1 aromatic carbocycles. The standard InChI is InChI=1S/C17H19ClN4O2/c18-14-4-6-15(7-5-14)22-12-13(11-20-22)17(24)19-8-2-10-21-9-1-3-16(21)23/h4-7,11-12H,1-3,8-10H2,(H,19,24). The summed E-state index contributed by atoms with van der Waals surface area (Å²) >= 11 is 5.86. The van der Waals surface area contributed by atoms with Gasteiger partial charge in [0.1, 0.15) is 0 Å². The Balaban J connectivity index is 1.48. The molecule has 1 aliphatic rings. The number of carbonyl (C=O) groups excluding carboxylic acids is 2. The molecule has 2 heterocycles. The summed E-state index contributed by atoms with van der Waals surface area (Å²) in [5.74, 6) is 0.0496. The van der Waals surface area contributed by atoms with Crippen molar-refractivity contribution in [2.24, 2.45) is 0 Å². The summed E-state index contributed by atoms with van der Waals surface area (Å²) in [6.07, 6.45) is 5.56. The predicted octanol–water partition coefficient (Wildman–Crippen LogP) is 2.27. The van der Waals surface area contributed by atoms with E-state index in [2.05, 4.69) is 10.4 Å². The second kappa shape index (κ2) is 7.49. The fourth-order valence-corrected chi connectivity index (χ4v) is 2.82. The van der Waals surface area contributed by atoms with E-state index in [-0.39, 0.29) is 11.8 Å². The van der Waals surface area contributed by atoms with Crippen molar-refractivity contribution in [2.45, 2.75) is 19.3 Å². The van der Waals surface area contributed by atoms with Crippen LogP contribution in [0, 0.1) is 0 Å². The first-order valence-corrected chi connectivity index (χ1v) is 8.38. The third-order valence-corrected chi connectivity index (χ3v) is 4.25. The van der Waals surface area contributed by atoms with Crippen molar-refractivity contribution in [3.05, 3.63) is 47.2 Å². The van der Waals surface area contributed by atoms with Gasteiger partial charge in [-0.25, -0.2) is 4.68 Å². The van der Waals surface area contributed by atoms with Gasteiger partial charge in [-0.05, 0) is 37.1 Å². The summed E-state index contributed by atoms with van der Waals surface area (Å²) in [4.78, 5) is 25.5. The number of benzene rings is 1. The van der Waals surface area contributed by atoms with E-state index in [0.29, 0.717) is 30.1 Å². The number of halogens is 1. The van der Waals surface area contributed by atoms with Crippen LogP contribution in [0.3, 0.4) is 0 Å². The van der Waals surface area contributed by atoms with Gasteiger partial charge in [0, 0.05) is 37.3 Å². The lowest BCUT2D eigenvalue weighted by atomic mass is 10.3. The molecule has 1 saturated heterocycles. The van der Waals surface area contributed by atoms with Gasteiger partial charge in [-0.1, -0.05) is 11.6 Å². The zero-order valence-corrected chi connectivity index (χ0v) is 14.0. The number of rotatable bonds is 6. The Morgan fingerprint density at radius 1 is 1.29 bits per heavy atom. The Kier molecular flexibility index (Phi) is 5.15. The van der Waals surface area contributed by atoms with Crippen LogP contribution in [0.1, 0.15) is 29.6 Å². The van der Waals surface area contributed by atoms with Crippen molar-refractivity contribution in [2.75, 3.05) is 19.6 Å². The Labute approximate surface area is 145 Å². The minimum atomic E-state index is -0.164. The number of amides is 2. The van der Waals surface area contributed by atoms with Crippen molar-refractivity contribution in [3.63, 3.8) is 0 Å². The van der Waals surface area contributed by atoms with Gasteiger partial charge in [0.05, 0.1) is 17.4 Å². The molecule has 0 saturated carbocycles. The van der Waals surface area contributed by atoms with Crippen molar-refractivity contribution >= 4 is 23.4 Å². The van der Waals surface area contributed by atoms with E-state index in [0.717, 1.165) is 25.1 Å². The van der Waals surface area contributed by atoms with E-state index < -0.39 is 0 Å². The largest absolute Gasteiger partial charge is 0.352 e. The third kappa shape index (κ3) is 3.94. The molecule has 0 aliphatic carbocycles. The number of aromatic nitrogens is 2. The van der Waals surface area contributed by atoms with Crippen LogP contribution in [-0.2, 0) is 4.79 Å². The van der Waals surface area contributed by atoms with Crippen molar-refractivity contribution in [1.82, 2.24) is 20.0 Å². The second-order valence-electron chi connectivity index (χ2n) is 5.74. The lowest BCUT2D eigenvalue weighted by molar-refractivity contribution is -0.127. The molecule has 1 aromatic heterocycles. The average molecular weight is 347 g/mol. The minimum absolute atomic E-state index is 0.164. The molecule has 126 valence electrons. The monoisotopic (exact) mass is 346 g/mol. The van der Waals surface area contributed by atoms with Crippen molar-refractivity contribution in [3.8, 4) is 5.69 Å². The second-order valence-corrected chi connectivity index (χ2v) is 6.18. The van der Waals surface area contributed by atoms with Gasteiger partial charge < -0.3 is 10.2 Å². The molecule has 1 aliphatic heterocycles. The molecule has 0 bridgehead atoms. The van der Waals surface area contributed by atoms with E-state index in [4.69, 9.17) is 11.6 Å². The molecule has 0 atom stereocenters. The smallest absolute Gasteiger partial charge is 0.254 e. The third-order valence-electron chi connectivity index (χ3n) is 4.00. The van der Waals surface area contributed by atoms with Crippen molar-refractivity contribution in [1.29, 1.82) is 0 Å². The average Bonchev–Trinajstić information content (AvgIpc) is 3.22. The van der Waals surface area contributed by atoms with Gasteiger partial charge >= 0.3 is 0 Å². The summed E-state index contributed by atoms with van der Waals surface area (Å²) in [5.41, 5.74) is 1.34. The van der Waals surface area contributed by atoms with Gasteiger partial charge in [0.15, 0.2) is 0 Å². The summed E-state index contributed by atoms with van der Waals surface area (Å²) in [5, 5.41) is 7.71. The SMILES string of the molecule is O=C(NCCCN1CCCC1=O)c1cnn(-c2ccc(Cl)cc2)c1. The number of hydrogen-bond acceptors (Lipinski definition) is 3. The zero-order chi connectivity index (χ0) is 16.9. The summed E-state index contributed by atoms with van der Waals surface area (Å²) in [6, 6.07) is 7.23. The van der Waals surface area contributed by atoms with Crippen molar-refractivity contribution < 1.29 is 9.59 Å². The fourth-order valence-electron chi connectivity index (χ4n) is 2.69. The lowest BCUT2D eigenvalue weighted by Crippen LogP contribution is -2.30. The lowest BCUT2D eigenvalue weighted by Gasteiger charge is -2.15. The number of hydrogen-bond donors (Lipinski definition) is 1. The molecule has 3 rings (SSSR count). The number of nitrogens with one attached hydrogen (secondary N) is 1. The first-order chi connectivity index (χ1) is 11.6. The van der Waals surface area contributed by atoms with E-state index >= 15 is 0 Å². The Morgan fingerprint density at radius 2 is 2.08 bits per heavy atom. The number of carbonyl (C=O) groups is 2. The van der Waals surface area contributed by atoms with Gasteiger partial charge in [-0.15, -0.1) is 0 Å². The summed E-state index contributed by atoms with van der Waals surface area (Å²) < 4.78 is 1.63. The van der Waals surface area contributed by atoms with E-state index in [1.165, 1.54) is 6.20 Å². The number of nitrogens with zero attached hydrogens (tertiary/aromatic N) is 3. The Hall–Kier alpha value is -2.34. The highest BCUT2D eigenvalue weighted by Crippen LogP contribution is 2.13. The van der Waals surface area contributed by atoms with Gasteiger partial charge in [-0.2, -0.15) is 5.10 Å². The number of likely N-dealkylation sites (tertiary alicyclic amines) is 1. The highest BCUT2D eigenvalue weighted by molar-refractivity contribution is 6.30. The predicted molar refractivity (Wildman–Crippen MR) is 91.3 cm³/mol. The maximum Gasteiger partial charge on any atom is 0.254 e. The molecular weight excluding hydrogens is 328 g/mol. The minimum Gasteiger partial charge on any atom is -0.352 e. The molecular formula is C17H19ClN4O2. The van der Waals surface area contributed by atoms with E-state index in [9.17, 15) is 9.59 Å². The summed E-state index contributed by atoms with van der Waals surface area (Å²) in [7, 11) is 0. The van der Waals surface area contributed by atoms with Crippen LogP contribution in [0.2, 0.25) is 5.02 Å². The molecule has 2 aromatic rings. The van der Waals surface area contributed by atoms with E-state index in [1.54, 1.807) is 23.0 Å². The molecule has 6 nitrogen and oxygen atoms in total. The highest BCUT2D eigenvalue weighted by Gasteiger charge is 2.19.